The van der Waals surface area contributed by atoms with E-state index < -0.39 is 5.97 Å². The Kier molecular flexibility index (Phi) is 2.90. The Bertz CT molecular complexity index is 393. The number of hydrogen-bond acceptors (Lipinski definition) is 3. The molecule has 0 radical (unpaired) electrons. The van der Waals surface area contributed by atoms with Crippen LogP contribution in [0.3, 0.4) is 0 Å². The van der Waals surface area contributed by atoms with E-state index in [-0.39, 0.29) is 12.0 Å². The molecule has 0 aromatic heterocycles. The average molecular weight is 219 g/mol. The molecule has 0 saturated heterocycles. The van der Waals surface area contributed by atoms with Gasteiger partial charge in [0, 0.05) is 0 Å². The van der Waals surface area contributed by atoms with Gasteiger partial charge in [0.1, 0.15) is 11.9 Å². The Morgan fingerprint density at radius 1 is 1.38 bits per heavy atom. The number of rotatable bonds is 4. The van der Waals surface area contributed by atoms with E-state index in [0.717, 1.165) is 11.4 Å². The maximum atomic E-state index is 10.6. The highest BCUT2D eigenvalue weighted by molar-refractivity contribution is 5.71. The van der Waals surface area contributed by atoms with E-state index in [1.54, 1.807) is 0 Å². The maximum Gasteiger partial charge on any atom is 0.306 e. The van der Waals surface area contributed by atoms with Crippen LogP contribution in [-0.4, -0.2) is 23.9 Å². The summed E-state index contributed by atoms with van der Waals surface area (Å²) in [5, 5.41) is 8.71. The zero-order chi connectivity index (χ0) is 11.5. The Balaban J connectivity index is 1.86. The van der Waals surface area contributed by atoms with Gasteiger partial charge in [-0.2, -0.15) is 0 Å². The van der Waals surface area contributed by atoms with Crippen molar-refractivity contribution < 1.29 is 14.6 Å². The van der Waals surface area contributed by atoms with E-state index in [0.29, 0.717) is 12.8 Å². The van der Waals surface area contributed by atoms with Crippen LogP contribution in [0.2, 0.25) is 0 Å². The number of ether oxygens (including phenoxy) is 1. The summed E-state index contributed by atoms with van der Waals surface area (Å²) in [6.45, 7) is 3.42. The Labute approximate surface area is 93.6 Å². The lowest BCUT2D eigenvalue weighted by Gasteiger charge is -2.32. The van der Waals surface area contributed by atoms with Gasteiger partial charge < -0.3 is 9.84 Å². The van der Waals surface area contributed by atoms with Gasteiger partial charge in [-0.25, -0.2) is 0 Å². The molecule has 1 N–H and O–H groups in total. The third-order valence-corrected chi connectivity index (χ3v) is 2.77. The molecule has 0 unspecified atom stereocenters. The van der Waals surface area contributed by atoms with E-state index in [1.165, 1.54) is 0 Å². The number of aliphatic carboxylic acids is 1. The first-order chi connectivity index (χ1) is 7.69. The molecule has 1 aromatic carbocycles. The van der Waals surface area contributed by atoms with Crippen molar-refractivity contribution in [2.75, 3.05) is 0 Å². The average Bonchev–Trinajstić information content (AvgIpc) is 2.23. The van der Waals surface area contributed by atoms with E-state index in [2.05, 4.69) is 11.7 Å². The topological polar surface area (TPSA) is 58.9 Å². The molecule has 1 aliphatic rings. The molecule has 0 amide bonds. The van der Waals surface area contributed by atoms with E-state index in [9.17, 15) is 4.79 Å². The van der Waals surface area contributed by atoms with Crippen molar-refractivity contribution in [2.24, 2.45) is 10.9 Å². The fourth-order valence-corrected chi connectivity index (χ4v) is 1.69. The monoisotopic (exact) mass is 219 g/mol. The smallest absolute Gasteiger partial charge is 0.306 e. The van der Waals surface area contributed by atoms with Crippen molar-refractivity contribution >= 4 is 18.4 Å². The fourth-order valence-electron chi connectivity index (χ4n) is 1.69. The molecule has 1 aliphatic carbocycles. The summed E-state index contributed by atoms with van der Waals surface area (Å²) < 4.78 is 5.60. The van der Waals surface area contributed by atoms with Crippen LogP contribution in [0.4, 0.5) is 5.69 Å². The minimum atomic E-state index is -0.731. The molecule has 4 nitrogen and oxygen atoms in total. The van der Waals surface area contributed by atoms with Crippen LogP contribution in [0.1, 0.15) is 12.8 Å². The van der Waals surface area contributed by atoms with E-state index >= 15 is 0 Å². The lowest BCUT2D eigenvalue weighted by molar-refractivity contribution is -0.147. The summed E-state index contributed by atoms with van der Waals surface area (Å²) in [5.74, 6) is -0.216. The zero-order valence-electron chi connectivity index (χ0n) is 8.80. The second-order valence-corrected chi connectivity index (χ2v) is 3.90. The minimum Gasteiger partial charge on any atom is -0.490 e. The molecule has 0 spiro atoms. The lowest BCUT2D eigenvalue weighted by Crippen LogP contribution is -2.38. The first-order valence-corrected chi connectivity index (χ1v) is 5.15. The third kappa shape index (κ3) is 2.21. The molecule has 84 valence electrons. The summed E-state index contributed by atoms with van der Waals surface area (Å²) in [6.07, 6.45) is 1.22. The van der Waals surface area contributed by atoms with Gasteiger partial charge in [0.2, 0.25) is 0 Å². The van der Waals surface area contributed by atoms with Crippen molar-refractivity contribution in [1.82, 2.24) is 0 Å². The summed E-state index contributed by atoms with van der Waals surface area (Å²) in [7, 11) is 0. The molecule has 2 rings (SSSR count). The molecule has 0 atom stereocenters. The number of nitrogens with zero attached hydrogens (tertiary/aromatic N) is 1. The molecule has 1 saturated carbocycles. The normalized spacial score (nSPS) is 23.2. The van der Waals surface area contributed by atoms with Gasteiger partial charge >= 0.3 is 5.97 Å². The zero-order valence-corrected chi connectivity index (χ0v) is 8.80. The highest BCUT2D eigenvalue weighted by atomic mass is 16.5. The van der Waals surface area contributed by atoms with Crippen molar-refractivity contribution in [3.05, 3.63) is 24.3 Å². The van der Waals surface area contributed by atoms with Gasteiger partial charge in [-0.05, 0) is 43.8 Å². The van der Waals surface area contributed by atoms with Gasteiger partial charge in [-0.1, -0.05) is 0 Å². The number of benzene rings is 1. The van der Waals surface area contributed by atoms with Crippen LogP contribution in [-0.2, 0) is 4.79 Å². The minimum absolute atomic E-state index is 0.0311. The summed E-state index contributed by atoms with van der Waals surface area (Å²) in [4.78, 5) is 14.4. The molecule has 4 heteroatoms. The van der Waals surface area contributed by atoms with Crippen LogP contribution in [0.25, 0.3) is 0 Å². The summed E-state index contributed by atoms with van der Waals surface area (Å²) in [5.41, 5.74) is 0.796. The Morgan fingerprint density at radius 3 is 2.50 bits per heavy atom. The summed E-state index contributed by atoms with van der Waals surface area (Å²) >= 11 is 0. The molecular weight excluding hydrogens is 206 g/mol. The molecule has 0 bridgehead atoms. The van der Waals surface area contributed by atoms with E-state index in [1.807, 2.05) is 24.3 Å². The van der Waals surface area contributed by atoms with Crippen LogP contribution < -0.4 is 4.74 Å². The molecule has 1 aromatic rings. The predicted molar refractivity (Wildman–Crippen MR) is 60.4 cm³/mol. The summed E-state index contributed by atoms with van der Waals surface area (Å²) in [6, 6.07) is 7.27. The molecule has 0 aliphatic heterocycles. The van der Waals surface area contributed by atoms with Crippen LogP contribution in [0.15, 0.2) is 29.3 Å². The van der Waals surface area contributed by atoms with Gasteiger partial charge in [-0.15, -0.1) is 0 Å². The number of carboxylic acid groups (broad SMARTS) is 1. The quantitative estimate of drug-likeness (QED) is 0.790. The SMILES string of the molecule is C=Nc1ccc(OC2CC(C(=O)O)C2)cc1. The van der Waals surface area contributed by atoms with Gasteiger partial charge in [-0.3, -0.25) is 9.79 Å². The van der Waals surface area contributed by atoms with Gasteiger partial charge in [0.05, 0.1) is 11.6 Å². The second kappa shape index (κ2) is 4.35. The van der Waals surface area contributed by atoms with Crippen LogP contribution in [0.5, 0.6) is 5.75 Å². The largest absolute Gasteiger partial charge is 0.490 e. The number of carbonyl (C=O) groups is 1. The van der Waals surface area contributed by atoms with Crippen LogP contribution >= 0.6 is 0 Å². The standard InChI is InChI=1S/C12H13NO3/c1-13-9-2-4-10(5-3-9)16-11-6-8(7-11)12(14)15/h2-5,8,11H,1,6-7H2,(H,14,15). The maximum absolute atomic E-state index is 10.6. The lowest BCUT2D eigenvalue weighted by atomic mass is 9.82. The highest BCUT2D eigenvalue weighted by Crippen LogP contribution is 2.31. The third-order valence-electron chi connectivity index (χ3n) is 2.77. The molecular formula is C12H13NO3. The first kappa shape index (κ1) is 10.7. The number of aliphatic imine (C=N–C) groups is 1. The van der Waals surface area contributed by atoms with E-state index in [4.69, 9.17) is 9.84 Å². The molecule has 0 heterocycles. The van der Waals surface area contributed by atoms with Crippen LogP contribution in [0, 0.1) is 5.92 Å². The van der Waals surface area contributed by atoms with Crippen molar-refractivity contribution in [1.29, 1.82) is 0 Å². The van der Waals surface area contributed by atoms with Gasteiger partial charge in [0.25, 0.3) is 0 Å². The van der Waals surface area contributed by atoms with Crippen molar-refractivity contribution in [2.45, 2.75) is 18.9 Å². The highest BCUT2D eigenvalue weighted by Gasteiger charge is 2.35. The van der Waals surface area contributed by atoms with Gasteiger partial charge in [0.15, 0.2) is 0 Å². The number of carboxylic acids is 1. The molecule has 16 heavy (non-hydrogen) atoms. The fraction of sp³-hybridized carbons (Fsp3) is 0.333. The second-order valence-electron chi connectivity index (χ2n) is 3.90. The van der Waals surface area contributed by atoms with Crippen molar-refractivity contribution in [3.8, 4) is 5.75 Å². The number of hydrogen-bond donors (Lipinski definition) is 1. The predicted octanol–water partition coefficient (Wildman–Crippen LogP) is 2.26. The molecule has 1 fully saturated rings. The Hall–Kier alpha value is -1.84. The Morgan fingerprint density at radius 2 is 2.00 bits per heavy atom. The van der Waals surface area contributed by atoms with Crippen molar-refractivity contribution in [3.63, 3.8) is 0 Å². The first-order valence-electron chi connectivity index (χ1n) is 5.15.